The van der Waals surface area contributed by atoms with Crippen molar-refractivity contribution < 1.29 is 14.7 Å². The maximum absolute atomic E-state index is 12.8. The Hall–Kier alpha value is -4.66. The Bertz CT molecular complexity index is 1520. The standard InChI is InChI=1S/C32H36N6O3/c1-4-25-17-27(37-12-11-33-20-37)14-22(3)31(25)36-28(32(40)41)15-23-5-7-26(8-6-23)38-19-24(16-30(38)39)18-35-29-13-21(2)9-10-34-29/h5-14,17,20,24,28,36H,4,15-16,18-19H2,1-3H3,(H,34,35)(H,40,41). The summed E-state index contributed by atoms with van der Waals surface area (Å²) in [5, 5.41) is 16.7. The number of carbonyl (C=O) groups excluding carboxylic acids is 1. The first-order chi connectivity index (χ1) is 19.8. The molecule has 5 rings (SSSR count). The highest BCUT2D eigenvalue weighted by atomic mass is 16.4. The number of carbonyl (C=O) groups is 2. The number of amides is 1. The monoisotopic (exact) mass is 552 g/mol. The maximum atomic E-state index is 12.8. The Kier molecular flexibility index (Phi) is 8.33. The van der Waals surface area contributed by atoms with Crippen molar-refractivity contribution in [1.82, 2.24) is 14.5 Å². The number of carboxylic acids is 1. The number of carboxylic acid groups (broad SMARTS) is 1. The zero-order chi connectivity index (χ0) is 28.9. The van der Waals surface area contributed by atoms with Crippen molar-refractivity contribution in [3.05, 3.63) is 95.7 Å². The molecule has 0 aliphatic carbocycles. The minimum Gasteiger partial charge on any atom is -0.480 e. The molecule has 4 aromatic rings. The van der Waals surface area contributed by atoms with Crippen molar-refractivity contribution in [1.29, 1.82) is 0 Å². The summed E-state index contributed by atoms with van der Waals surface area (Å²) in [5.41, 5.74) is 6.71. The van der Waals surface area contributed by atoms with Crippen LogP contribution >= 0.6 is 0 Å². The molecule has 1 aliphatic heterocycles. The molecule has 3 heterocycles. The number of aromatic nitrogens is 3. The van der Waals surface area contributed by atoms with E-state index in [2.05, 4.69) is 33.6 Å². The summed E-state index contributed by atoms with van der Waals surface area (Å²) in [7, 11) is 0. The first-order valence-corrected chi connectivity index (χ1v) is 14.0. The van der Waals surface area contributed by atoms with Crippen molar-refractivity contribution in [2.75, 3.05) is 28.6 Å². The van der Waals surface area contributed by atoms with Gasteiger partial charge in [0.2, 0.25) is 5.91 Å². The molecule has 0 spiro atoms. The van der Waals surface area contributed by atoms with Gasteiger partial charge in [-0.2, -0.15) is 0 Å². The molecule has 9 heteroatoms. The van der Waals surface area contributed by atoms with Crippen LogP contribution in [-0.4, -0.2) is 50.6 Å². The summed E-state index contributed by atoms with van der Waals surface area (Å²) in [6.45, 7) is 7.38. The van der Waals surface area contributed by atoms with Crippen LogP contribution < -0.4 is 15.5 Å². The molecule has 9 nitrogen and oxygen atoms in total. The lowest BCUT2D eigenvalue weighted by molar-refractivity contribution is -0.137. The van der Waals surface area contributed by atoms with Crippen LogP contribution in [-0.2, 0) is 22.4 Å². The number of anilines is 3. The summed E-state index contributed by atoms with van der Waals surface area (Å²) < 4.78 is 1.94. The van der Waals surface area contributed by atoms with Gasteiger partial charge in [-0.1, -0.05) is 19.1 Å². The fraction of sp³-hybridized carbons (Fsp3) is 0.312. The average molecular weight is 553 g/mol. The number of imidazole rings is 1. The number of nitrogens with zero attached hydrogens (tertiary/aromatic N) is 4. The lowest BCUT2D eigenvalue weighted by Gasteiger charge is -2.22. The number of benzene rings is 2. The highest BCUT2D eigenvalue weighted by molar-refractivity contribution is 5.95. The maximum Gasteiger partial charge on any atom is 0.326 e. The Balaban J connectivity index is 1.24. The second-order valence-electron chi connectivity index (χ2n) is 10.7. The summed E-state index contributed by atoms with van der Waals surface area (Å²) in [6.07, 6.45) is 8.70. The molecule has 41 heavy (non-hydrogen) atoms. The van der Waals surface area contributed by atoms with Gasteiger partial charge >= 0.3 is 5.97 Å². The van der Waals surface area contributed by atoms with Crippen molar-refractivity contribution in [2.45, 2.75) is 46.1 Å². The third kappa shape index (κ3) is 6.57. The third-order valence-electron chi connectivity index (χ3n) is 7.58. The molecule has 2 aromatic carbocycles. The van der Waals surface area contributed by atoms with E-state index in [-0.39, 0.29) is 11.8 Å². The molecule has 1 saturated heterocycles. The third-order valence-corrected chi connectivity index (χ3v) is 7.58. The van der Waals surface area contributed by atoms with Crippen LogP contribution in [0.2, 0.25) is 0 Å². The molecule has 1 aliphatic rings. The van der Waals surface area contributed by atoms with Crippen LogP contribution in [0.1, 0.15) is 35.6 Å². The molecule has 2 atom stereocenters. The smallest absolute Gasteiger partial charge is 0.326 e. The molecule has 0 bridgehead atoms. The Morgan fingerprint density at radius 3 is 2.59 bits per heavy atom. The summed E-state index contributed by atoms with van der Waals surface area (Å²) >= 11 is 0. The predicted octanol–water partition coefficient (Wildman–Crippen LogP) is 5.02. The van der Waals surface area contributed by atoms with Crippen molar-refractivity contribution >= 4 is 29.1 Å². The van der Waals surface area contributed by atoms with E-state index in [1.54, 1.807) is 18.7 Å². The van der Waals surface area contributed by atoms with E-state index in [4.69, 9.17) is 0 Å². The number of hydrogen-bond donors (Lipinski definition) is 3. The van der Waals surface area contributed by atoms with Crippen LogP contribution in [0.5, 0.6) is 0 Å². The van der Waals surface area contributed by atoms with E-state index in [1.165, 1.54) is 0 Å². The molecular weight excluding hydrogens is 516 g/mol. The number of aryl methyl sites for hydroxylation is 3. The van der Waals surface area contributed by atoms with Crippen molar-refractivity contribution in [2.24, 2.45) is 5.92 Å². The first-order valence-electron chi connectivity index (χ1n) is 14.0. The van der Waals surface area contributed by atoms with Gasteiger partial charge in [-0.3, -0.25) is 4.79 Å². The lowest BCUT2D eigenvalue weighted by Crippen LogP contribution is -2.32. The van der Waals surface area contributed by atoms with Gasteiger partial charge in [0, 0.05) is 67.5 Å². The molecule has 2 unspecified atom stereocenters. The minimum atomic E-state index is -0.914. The van der Waals surface area contributed by atoms with Gasteiger partial charge in [0.05, 0.1) is 6.33 Å². The molecule has 212 valence electrons. The van der Waals surface area contributed by atoms with E-state index in [0.29, 0.717) is 25.9 Å². The SMILES string of the molecule is CCc1cc(-n2ccnc2)cc(C)c1NC(Cc1ccc(N2CC(CNc3cc(C)ccn3)CC2=O)cc1)C(=O)O. The van der Waals surface area contributed by atoms with E-state index in [0.717, 1.165) is 51.6 Å². The van der Waals surface area contributed by atoms with Crippen LogP contribution in [0.15, 0.2) is 73.4 Å². The highest BCUT2D eigenvalue weighted by Crippen LogP contribution is 2.28. The number of hydrogen-bond acceptors (Lipinski definition) is 6. The average Bonchev–Trinajstić information content (AvgIpc) is 3.63. The van der Waals surface area contributed by atoms with Gasteiger partial charge < -0.3 is 25.2 Å². The highest BCUT2D eigenvalue weighted by Gasteiger charge is 2.30. The van der Waals surface area contributed by atoms with Crippen molar-refractivity contribution in [3.63, 3.8) is 0 Å². The van der Waals surface area contributed by atoms with E-state index >= 15 is 0 Å². The zero-order valence-electron chi connectivity index (χ0n) is 23.7. The second-order valence-corrected chi connectivity index (χ2v) is 10.7. The predicted molar refractivity (Wildman–Crippen MR) is 161 cm³/mol. The molecular formula is C32H36N6O3. The van der Waals surface area contributed by atoms with Crippen LogP contribution in [0.25, 0.3) is 5.69 Å². The fourth-order valence-electron chi connectivity index (χ4n) is 5.36. The van der Waals surface area contributed by atoms with E-state index in [9.17, 15) is 14.7 Å². The molecule has 0 radical (unpaired) electrons. The molecule has 3 N–H and O–H groups in total. The van der Waals surface area contributed by atoms with Gasteiger partial charge in [0.1, 0.15) is 11.9 Å². The van der Waals surface area contributed by atoms with Crippen LogP contribution in [0.4, 0.5) is 17.2 Å². The first kappa shape index (κ1) is 27.9. The summed E-state index contributed by atoms with van der Waals surface area (Å²) in [5.74, 6) is 0.175. The Morgan fingerprint density at radius 2 is 1.90 bits per heavy atom. The van der Waals surface area contributed by atoms with E-state index in [1.807, 2.05) is 72.0 Å². The number of aliphatic carboxylic acids is 1. The molecule has 0 saturated carbocycles. The van der Waals surface area contributed by atoms with Crippen LogP contribution in [0.3, 0.4) is 0 Å². The normalized spacial score (nSPS) is 15.6. The van der Waals surface area contributed by atoms with Gasteiger partial charge in [0.25, 0.3) is 0 Å². The molecule has 2 aromatic heterocycles. The number of pyridine rings is 1. The largest absolute Gasteiger partial charge is 0.480 e. The minimum absolute atomic E-state index is 0.0912. The van der Waals surface area contributed by atoms with Crippen molar-refractivity contribution in [3.8, 4) is 5.69 Å². The zero-order valence-corrected chi connectivity index (χ0v) is 23.7. The summed E-state index contributed by atoms with van der Waals surface area (Å²) in [6, 6.07) is 14.9. The van der Waals surface area contributed by atoms with Gasteiger partial charge in [-0.15, -0.1) is 0 Å². The Labute approximate surface area is 240 Å². The van der Waals surface area contributed by atoms with Gasteiger partial charge in [0.15, 0.2) is 0 Å². The fourth-order valence-corrected chi connectivity index (χ4v) is 5.36. The van der Waals surface area contributed by atoms with Crippen LogP contribution in [0, 0.1) is 19.8 Å². The van der Waals surface area contributed by atoms with Gasteiger partial charge in [-0.05, 0) is 78.9 Å². The quantitative estimate of drug-likeness (QED) is 0.240. The number of nitrogens with one attached hydrogen (secondary N) is 2. The number of rotatable bonds is 11. The lowest BCUT2D eigenvalue weighted by atomic mass is 10.0. The topological polar surface area (TPSA) is 112 Å². The molecule has 1 amide bonds. The second kappa shape index (κ2) is 12.2. The van der Waals surface area contributed by atoms with E-state index < -0.39 is 12.0 Å². The Morgan fingerprint density at radius 1 is 1.10 bits per heavy atom. The van der Waals surface area contributed by atoms with Gasteiger partial charge in [-0.25, -0.2) is 14.8 Å². The molecule has 1 fully saturated rings. The summed E-state index contributed by atoms with van der Waals surface area (Å²) in [4.78, 5) is 35.3.